The molecule has 1 saturated carbocycles. The fourth-order valence-electron chi connectivity index (χ4n) is 3.37. The number of hydrogen-bond donors (Lipinski definition) is 2. The van der Waals surface area contributed by atoms with E-state index < -0.39 is 5.60 Å². The Morgan fingerprint density at radius 1 is 1.22 bits per heavy atom. The zero-order valence-corrected chi connectivity index (χ0v) is 16.2. The number of amides is 1. The molecule has 0 aromatic rings. The van der Waals surface area contributed by atoms with Gasteiger partial charge in [0.2, 0.25) is 0 Å². The van der Waals surface area contributed by atoms with E-state index in [9.17, 15) is 4.79 Å². The van der Waals surface area contributed by atoms with Crippen molar-refractivity contribution in [2.45, 2.75) is 91.8 Å². The molecule has 2 N–H and O–H groups in total. The van der Waals surface area contributed by atoms with E-state index in [0.29, 0.717) is 30.5 Å². The summed E-state index contributed by atoms with van der Waals surface area (Å²) >= 11 is 0. The first-order chi connectivity index (χ1) is 10.6. The van der Waals surface area contributed by atoms with Crippen LogP contribution >= 0.6 is 0 Å². The number of hydrogen-bond acceptors (Lipinski definition) is 3. The third-order valence-electron chi connectivity index (χ3n) is 4.56. The van der Waals surface area contributed by atoms with Crippen LogP contribution in [0.1, 0.15) is 74.1 Å². The molecule has 0 aliphatic heterocycles. The second-order valence-corrected chi connectivity index (χ2v) is 8.88. The van der Waals surface area contributed by atoms with Crippen molar-refractivity contribution in [3.8, 4) is 0 Å². The summed E-state index contributed by atoms with van der Waals surface area (Å²) in [6, 6.07) is 0.864. The molecule has 23 heavy (non-hydrogen) atoms. The van der Waals surface area contributed by atoms with Crippen LogP contribution in [0.25, 0.3) is 0 Å². The van der Waals surface area contributed by atoms with Crippen LogP contribution in [-0.4, -0.2) is 30.3 Å². The number of ether oxygens (including phenoxy) is 1. The predicted molar refractivity (Wildman–Crippen MR) is 96.6 cm³/mol. The van der Waals surface area contributed by atoms with E-state index >= 15 is 0 Å². The van der Waals surface area contributed by atoms with Gasteiger partial charge in [0.15, 0.2) is 0 Å². The van der Waals surface area contributed by atoms with Gasteiger partial charge in [0.05, 0.1) is 0 Å². The summed E-state index contributed by atoms with van der Waals surface area (Å²) in [6.45, 7) is 15.5. The lowest BCUT2D eigenvalue weighted by atomic mass is 9.79. The summed E-state index contributed by atoms with van der Waals surface area (Å²) < 4.78 is 5.34. The predicted octanol–water partition coefficient (Wildman–Crippen LogP) is 4.34. The van der Waals surface area contributed by atoms with Crippen LogP contribution in [0.3, 0.4) is 0 Å². The highest BCUT2D eigenvalue weighted by Gasteiger charge is 2.28. The van der Waals surface area contributed by atoms with Crippen molar-refractivity contribution >= 4 is 6.09 Å². The topological polar surface area (TPSA) is 50.4 Å². The van der Waals surface area contributed by atoms with E-state index in [2.05, 4.69) is 38.3 Å². The van der Waals surface area contributed by atoms with Gasteiger partial charge in [-0.3, -0.25) is 0 Å². The number of nitrogens with one attached hydrogen (secondary N) is 2. The lowest BCUT2D eigenvalue weighted by Gasteiger charge is -2.36. The van der Waals surface area contributed by atoms with Crippen LogP contribution in [0, 0.1) is 17.8 Å². The molecular weight excluding hydrogens is 288 g/mol. The Hall–Kier alpha value is -0.770. The normalized spacial score (nSPS) is 26.9. The molecular formula is C19H38N2O2. The molecule has 4 unspecified atom stereocenters. The minimum absolute atomic E-state index is 0.306. The van der Waals surface area contributed by atoms with Crippen LogP contribution in [-0.2, 0) is 4.74 Å². The molecule has 0 radical (unpaired) electrons. The molecule has 0 spiro atoms. The first-order valence-corrected chi connectivity index (χ1v) is 9.29. The SMILES string of the molecule is CC(C)CC(CNC(=O)OC(C)(C)C)NC1CC(C)CCC1C. The summed E-state index contributed by atoms with van der Waals surface area (Å²) in [4.78, 5) is 11.9. The average Bonchev–Trinajstić information content (AvgIpc) is 2.37. The van der Waals surface area contributed by atoms with E-state index in [-0.39, 0.29) is 6.09 Å². The molecule has 0 aromatic carbocycles. The number of carbonyl (C=O) groups excluding carboxylic acids is 1. The van der Waals surface area contributed by atoms with Gasteiger partial charge in [-0.15, -0.1) is 0 Å². The van der Waals surface area contributed by atoms with Crippen LogP contribution in [0.2, 0.25) is 0 Å². The zero-order chi connectivity index (χ0) is 17.6. The Labute approximate surface area is 143 Å². The van der Waals surface area contributed by atoms with E-state index in [1.165, 1.54) is 19.3 Å². The highest BCUT2D eigenvalue weighted by molar-refractivity contribution is 5.67. The van der Waals surface area contributed by atoms with Crippen molar-refractivity contribution in [2.24, 2.45) is 17.8 Å². The second kappa shape index (κ2) is 8.91. The fourth-order valence-corrected chi connectivity index (χ4v) is 3.37. The smallest absolute Gasteiger partial charge is 0.407 e. The van der Waals surface area contributed by atoms with Crippen molar-refractivity contribution in [3.05, 3.63) is 0 Å². The van der Waals surface area contributed by atoms with E-state index in [1.807, 2.05) is 20.8 Å². The van der Waals surface area contributed by atoms with Gasteiger partial charge in [-0.05, 0) is 57.8 Å². The fraction of sp³-hybridized carbons (Fsp3) is 0.947. The standard InChI is InChI=1S/C19H38N2O2/c1-13(2)10-16(12-20-18(22)23-19(5,6)7)21-17-11-14(3)8-9-15(17)4/h13-17,21H,8-12H2,1-7H3,(H,20,22). The summed E-state index contributed by atoms with van der Waals surface area (Å²) in [6.07, 6.45) is 4.62. The van der Waals surface area contributed by atoms with E-state index in [0.717, 1.165) is 12.3 Å². The average molecular weight is 327 g/mol. The maximum Gasteiger partial charge on any atom is 0.407 e. The molecule has 4 atom stereocenters. The van der Waals surface area contributed by atoms with Gasteiger partial charge in [0, 0.05) is 18.6 Å². The molecule has 4 heteroatoms. The molecule has 0 saturated heterocycles. The Morgan fingerprint density at radius 3 is 2.43 bits per heavy atom. The van der Waals surface area contributed by atoms with Crippen molar-refractivity contribution in [1.29, 1.82) is 0 Å². The highest BCUT2D eigenvalue weighted by Crippen LogP contribution is 2.29. The third kappa shape index (κ3) is 8.59. The summed E-state index contributed by atoms with van der Waals surface area (Å²) in [5.74, 6) is 2.11. The molecule has 136 valence electrons. The van der Waals surface area contributed by atoms with Crippen molar-refractivity contribution < 1.29 is 9.53 Å². The molecule has 4 nitrogen and oxygen atoms in total. The highest BCUT2D eigenvalue weighted by atomic mass is 16.6. The van der Waals surface area contributed by atoms with Crippen molar-refractivity contribution in [1.82, 2.24) is 10.6 Å². The summed E-state index contributed by atoms with van der Waals surface area (Å²) in [7, 11) is 0. The Kier molecular flexibility index (Phi) is 7.85. The summed E-state index contributed by atoms with van der Waals surface area (Å²) in [5, 5.41) is 6.75. The first kappa shape index (κ1) is 20.3. The Bertz CT molecular complexity index is 363. The quantitative estimate of drug-likeness (QED) is 0.763. The number of alkyl carbamates (subject to hydrolysis) is 1. The van der Waals surface area contributed by atoms with Crippen molar-refractivity contribution in [3.63, 3.8) is 0 Å². The van der Waals surface area contributed by atoms with Gasteiger partial charge in [-0.1, -0.05) is 34.1 Å². The van der Waals surface area contributed by atoms with E-state index in [1.54, 1.807) is 0 Å². The van der Waals surface area contributed by atoms with E-state index in [4.69, 9.17) is 4.74 Å². The van der Waals surface area contributed by atoms with Crippen molar-refractivity contribution in [2.75, 3.05) is 6.54 Å². The third-order valence-corrected chi connectivity index (χ3v) is 4.56. The van der Waals surface area contributed by atoms with Gasteiger partial charge in [0.1, 0.15) is 5.60 Å². The number of carbonyl (C=O) groups is 1. The largest absolute Gasteiger partial charge is 0.444 e. The maximum absolute atomic E-state index is 11.9. The molecule has 1 amide bonds. The lowest BCUT2D eigenvalue weighted by molar-refractivity contribution is 0.0518. The van der Waals surface area contributed by atoms with Gasteiger partial charge < -0.3 is 15.4 Å². The van der Waals surface area contributed by atoms with Gasteiger partial charge in [-0.2, -0.15) is 0 Å². The first-order valence-electron chi connectivity index (χ1n) is 9.29. The zero-order valence-electron chi connectivity index (χ0n) is 16.2. The Balaban J connectivity index is 2.53. The second-order valence-electron chi connectivity index (χ2n) is 8.88. The van der Waals surface area contributed by atoms with Gasteiger partial charge in [-0.25, -0.2) is 4.79 Å². The van der Waals surface area contributed by atoms with Crippen LogP contribution in [0.4, 0.5) is 4.79 Å². The Morgan fingerprint density at radius 2 is 1.87 bits per heavy atom. The molecule has 0 heterocycles. The maximum atomic E-state index is 11.9. The molecule has 1 aliphatic carbocycles. The van der Waals surface area contributed by atoms with Gasteiger partial charge >= 0.3 is 6.09 Å². The minimum Gasteiger partial charge on any atom is -0.444 e. The monoisotopic (exact) mass is 326 g/mol. The molecule has 1 fully saturated rings. The molecule has 0 aromatic heterocycles. The van der Waals surface area contributed by atoms with Crippen LogP contribution in [0.15, 0.2) is 0 Å². The molecule has 1 aliphatic rings. The van der Waals surface area contributed by atoms with Crippen LogP contribution in [0.5, 0.6) is 0 Å². The molecule has 0 bridgehead atoms. The molecule has 1 rings (SSSR count). The van der Waals surface area contributed by atoms with Crippen LogP contribution < -0.4 is 10.6 Å². The summed E-state index contributed by atoms with van der Waals surface area (Å²) in [5.41, 5.74) is -0.446. The minimum atomic E-state index is -0.446. The van der Waals surface area contributed by atoms with Gasteiger partial charge in [0.25, 0.3) is 0 Å². The number of rotatable bonds is 6. The lowest BCUT2D eigenvalue weighted by Crippen LogP contribution is -2.50.